The van der Waals surface area contributed by atoms with Crippen molar-refractivity contribution in [3.63, 3.8) is 0 Å². The molecule has 1 aliphatic rings. The number of carboxylic acid groups (broad SMARTS) is 1. The smallest absolute Gasteiger partial charge is 0.336 e. The Bertz CT molecular complexity index is 1620. The number of hydroxylamine groups is 2. The van der Waals surface area contributed by atoms with Gasteiger partial charge in [0.2, 0.25) is 0 Å². The molecule has 224 valence electrons. The Morgan fingerprint density at radius 2 is 1.72 bits per heavy atom. The number of H-pyrrole nitrogens is 1. The van der Waals surface area contributed by atoms with Gasteiger partial charge < -0.3 is 20.5 Å². The summed E-state index contributed by atoms with van der Waals surface area (Å²) in [6.07, 6.45) is 0. The first kappa shape index (κ1) is 30.0. The molecular weight excluding hydrogens is 546 g/mol. The molecule has 1 aromatic heterocycles. The van der Waals surface area contributed by atoms with Crippen molar-refractivity contribution in [1.82, 2.24) is 20.3 Å². The van der Waals surface area contributed by atoms with Crippen molar-refractivity contribution in [2.75, 3.05) is 39.3 Å². The number of fused-ring (bicyclic) bond motifs is 1. The molecule has 0 spiro atoms. The second-order valence-electron chi connectivity index (χ2n) is 10.9. The number of benzene rings is 3. The Morgan fingerprint density at radius 3 is 2.37 bits per heavy atom. The Hall–Kier alpha value is -4.51. The van der Waals surface area contributed by atoms with Crippen LogP contribution in [-0.4, -0.2) is 88.1 Å². The third-order valence-corrected chi connectivity index (χ3v) is 7.51. The summed E-state index contributed by atoms with van der Waals surface area (Å²) in [7, 11) is 0. The Morgan fingerprint density at radius 1 is 1.02 bits per heavy atom. The number of nitrogens with zero attached hydrogens (tertiary/aromatic N) is 3. The van der Waals surface area contributed by atoms with Crippen LogP contribution in [-0.2, 0) is 4.84 Å². The molecule has 4 aromatic rings. The van der Waals surface area contributed by atoms with Crippen molar-refractivity contribution in [1.29, 1.82) is 0 Å². The standard InChI is InChI=1S/C33H37N5O5/c1-21(2)38(43-18-17-37-15-13-34-14-16-37)32(40)24-9-11-25(12-10-24)35-30(23-7-5-4-6-8-23)29-27-19-22(3)26(33(41)42)20-28(27)36-31(29)39/h4-12,19-21,34,36,39H,13-18H2,1-3H3,(H,41,42). The summed E-state index contributed by atoms with van der Waals surface area (Å²) >= 11 is 0. The molecule has 5 rings (SSSR count). The maximum Gasteiger partial charge on any atom is 0.336 e. The van der Waals surface area contributed by atoms with E-state index in [4.69, 9.17) is 9.83 Å². The molecule has 1 aliphatic heterocycles. The summed E-state index contributed by atoms with van der Waals surface area (Å²) in [5.74, 6) is -1.38. The van der Waals surface area contributed by atoms with E-state index in [1.165, 1.54) is 11.1 Å². The van der Waals surface area contributed by atoms with E-state index in [0.29, 0.717) is 45.6 Å². The molecular formula is C33H37N5O5. The van der Waals surface area contributed by atoms with Crippen molar-refractivity contribution in [2.24, 2.45) is 4.99 Å². The van der Waals surface area contributed by atoms with E-state index in [0.717, 1.165) is 38.3 Å². The number of aromatic nitrogens is 1. The van der Waals surface area contributed by atoms with Crippen LogP contribution >= 0.6 is 0 Å². The third kappa shape index (κ3) is 6.77. The van der Waals surface area contributed by atoms with Crippen LogP contribution in [0.5, 0.6) is 5.88 Å². The van der Waals surface area contributed by atoms with Gasteiger partial charge in [-0.05, 0) is 62.7 Å². The lowest BCUT2D eigenvalue weighted by atomic mass is 9.98. The number of hydrogen-bond donors (Lipinski definition) is 4. The van der Waals surface area contributed by atoms with Gasteiger partial charge in [0.15, 0.2) is 5.88 Å². The van der Waals surface area contributed by atoms with Crippen molar-refractivity contribution < 1.29 is 24.6 Å². The highest BCUT2D eigenvalue weighted by Crippen LogP contribution is 2.33. The van der Waals surface area contributed by atoms with Gasteiger partial charge in [-0.25, -0.2) is 14.9 Å². The van der Waals surface area contributed by atoms with E-state index in [9.17, 15) is 19.8 Å². The fourth-order valence-corrected chi connectivity index (χ4v) is 5.25. The molecule has 10 nitrogen and oxygen atoms in total. The van der Waals surface area contributed by atoms with Crippen LogP contribution < -0.4 is 5.32 Å². The Balaban J connectivity index is 1.43. The number of amides is 1. The molecule has 3 aromatic carbocycles. The van der Waals surface area contributed by atoms with Crippen molar-refractivity contribution >= 4 is 34.2 Å². The topological polar surface area (TPSA) is 130 Å². The number of aromatic carboxylic acids is 1. The monoisotopic (exact) mass is 583 g/mol. The lowest BCUT2D eigenvalue weighted by Crippen LogP contribution is -2.46. The van der Waals surface area contributed by atoms with E-state index in [2.05, 4.69) is 15.2 Å². The quantitative estimate of drug-likeness (QED) is 0.157. The SMILES string of the molecule is Cc1cc2c(C(=Nc3ccc(C(=O)N(OCCN4CCNCC4)C(C)C)cc3)c3ccccc3)c(O)[nH]c2cc1C(=O)O. The summed E-state index contributed by atoms with van der Waals surface area (Å²) in [6, 6.07) is 19.5. The lowest BCUT2D eigenvalue weighted by Gasteiger charge is -2.30. The fourth-order valence-electron chi connectivity index (χ4n) is 5.25. The first-order valence-electron chi connectivity index (χ1n) is 14.5. The molecule has 0 aliphatic carbocycles. The minimum Gasteiger partial charge on any atom is -0.494 e. The number of piperazine rings is 1. The number of aryl methyl sites for hydroxylation is 1. The van der Waals surface area contributed by atoms with Gasteiger partial charge in [-0.3, -0.25) is 14.5 Å². The van der Waals surface area contributed by atoms with E-state index in [1.54, 1.807) is 37.3 Å². The molecule has 10 heteroatoms. The Kier molecular flexibility index (Phi) is 9.20. The van der Waals surface area contributed by atoms with Gasteiger partial charge in [-0.15, -0.1) is 0 Å². The maximum atomic E-state index is 13.4. The van der Waals surface area contributed by atoms with Crippen LogP contribution in [0.1, 0.15) is 51.3 Å². The van der Waals surface area contributed by atoms with Gasteiger partial charge in [0.1, 0.15) is 0 Å². The van der Waals surface area contributed by atoms with Crippen LogP contribution in [0.4, 0.5) is 5.69 Å². The zero-order valence-corrected chi connectivity index (χ0v) is 24.6. The van der Waals surface area contributed by atoms with Gasteiger partial charge >= 0.3 is 5.97 Å². The van der Waals surface area contributed by atoms with Crippen LogP contribution in [0, 0.1) is 6.92 Å². The van der Waals surface area contributed by atoms with Crippen molar-refractivity contribution in [2.45, 2.75) is 26.8 Å². The highest BCUT2D eigenvalue weighted by atomic mass is 16.7. The molecule has 1 saturated heterocycles. The van der Waals surface area contributed by atoms with Crippen LogP contribution in [0.15, 0.2) is 71.7 Å². The molecule has 43 heavy (non-hydrogen) atoms. The number of carbonyl (C=O) groups is 2. The minimum absolute atomic E-state index is 0.114. The van der Waals surface area contributed by atoms with Crippen LogP contribution in [0.2, 0.25) is 0 Å². The second kappa shape index (κ2) is 13.2. The normalized spacial score (nSPS) is 14.4. The highest BCUT2D eigenvalue weighted by molar-refractivity contribution is 6.22. The number of aromatic amines is 1. The van der Waals surface area contributed by atoms with Crippen molar-refractivity contribution in [3.05, 3.63) is 94.5 Å². The second-order valence-corrected chi connectivity index (χ2v) is 10.9. The molecule has 0 saturated carbocycles. The molecule has 2 heterocycles. The van der Waals surface area contributed by atoms with Gasteiger partial charge in [0.25, 0.3) is 5.91 Å². The third-order valence-electron chi connectivity index (χ3n) is 7.51. The van der Waals surface area contributed by atoms with Gasteiger partial charge in [0, 0.05) is 54.8 Å². The minimum atomic E-state index is -1.04. The number of carbonyl (C=O) groups excluding carboxylic acids is 1. The zero-order chi connectivity index (χ0) is 30.5. The summed E-state index contributed by atoms with van der Waals surface area (Å²) in [4.78, 5) is 41.1. The summed E-state index contributed by atoms with van der Waals surface area (Å²) in [5.41, 5.74) is 4.01. The van der Waals surface area contributed by atoms with Gasteiger partial charge in [-0.1, -0.05) is 30.3 Å². The van der Waals surface area contributed by atoms with E-state index in [-0.39, 0.29) is 23.4 Å². The number of hydrogen-bond acceptors (Lipinski definition) is 7. The molecule has 0 bridgehead atoms. The molecule has 0 unspecified atom stereocenters. The van der Waals surface area contributed by atoms with E-state index >= 15 is 0 Å². The van der Waals surface area contributed by atoms with Gasteiger partial charge in [-0.2, -0.15) is 0 Å². The largest absolute Gasteiger partial charge is 0.494 e. The molecule has 0 radical (unpaired) electrons. The number of rotatable bonds is 10. The summed E-state index contributed by atoms with van der Waals surface area (Å²) in [5, 5.41) is 26.0. The average Bonchev–Trinajstić information content (AvgIpc) is 3.32. The number of aliphatic imine (C=N–C) groups is 1. The Labute approximate surface area is 250 Å². The fraction of sp³-hybridized carbons (Fsp3) is 0.303. The maximum absolute atomic E-state index is 13.4. The molecule has 1 fully saturated rings. The van der Waals surface area contributed by atoms with Crippen molar-refractivity contribution in [3.8, 4) is 5.88 Å². The van der Waals surface area contributed by atoms with Gasteiger partial charge in [0.05, 0.1) is 35.2 Å². The number of nitrogens with one attached hydrogen (secondary N) is 2. The van der Waals surface area contributed by atoms with E-state index < -0.39 is 5.97 Å². The zero-order valence-electron chi connectivity index (χ0n) is 24.6. The van der Waals surface area contributed by atoms with Crippen LogP contribution in [0.3, 0.4) is 0 Å². The number of carboxylic acids is 1. The summed E-state index contributed by atoms with van der Waals surface area (Å²) < 4.78 is 0. The highest BCUT2D eigenvalue weighted by Gasteiger charge is 2.23. The lowest BCUT2D eigenvalue weighted by molar-refractivity contribution is -0.145. The molecule has 1 amide bonds. The number of aromatic hydroxyl groups is 1. The van der Waals surface area contributed by atoms with Crippen LogP contribution in [0.25, 0.3) is 10.9 Å². The predicted molar refractivity (Wildman–Crippen MR) is 166 cm³/mol. The first-order valence-corrected chi connectivity index (χ1v) is 14.5. The molecule has 4 N–H and O–H groups in total. The predicted octanol–water partition coefficient (Wildman–Crippen LogP) is 4.74. The average molecular weight is 584 g/mol. The first-order chi connectivity index (χ1) is 20.7. The van der Waals surface area contributed by atoms with E-state index in [1.807, 2.05) is 44.2 Å². The summed E-state index contributed by atoms with van der Waals surface area (Å²) in [6.45, 7) is 10.6. The molecule has 0 atom stereocenters.